The van der Waals surface area contributed by atoms with E-state index < -0.39 is 23.8 Å². The molecule has 1 aromatic heterocycles. The minimum atomic E-state index is -4.57. The van der Waals surface area contributed by atoms with Gasteiger partial charge in [-0.05, 0) is 25.8 Å². The quantitative estimate of drug-likeness (QED) is 0.904. The molecule has 2 heterocycles. The summed E-state index contributed by atoms with van der Waals surface area (Å²) >= 11 is 0. The largest absolute Gasteiger partial charge is 0.433 e. The monoisotopic (exact) mass is 344 g/mol. The fourth-order valence-corrected chi connectivity index (χ4v) is 2.68. The van der Waals surface area contributed by atoms with Crippen molar-refractivity contribution in [2.45, 2.75) is 51.9 Å². The van der Waals surface area contributed by atoms with Gasteiger partial charge in [0.15, 0.2) is 0 Å². The summed E-state index contributed by atoms with van der Waals surface area (Å²) < 4.78 is 38.2. The van der Waals surface area contributed by atoms with Gasteiger partial charge >= 0.3 is 6.18 Å². The first kappa shape index (κ1) is 18.2. The van der Waals surface area contributed by atoms with Gasteiger partial charge in [0.25, 0.3) is 0 Å². The molecule has 0 aliphatic carbocycles. The highest BCUT2D eigenvalue weighted by Gasteiger charge is 2.34. The molecule has 0 radical (unpaired) electrons. The molecule has 2 rings (SSSR count). The Hall–Kier alpha value is -2.19. The Bertz CT molecular complexity index is 634. The number of hydrogen-bond acceptors (Lipinski definition) is 4. The van der Waals surface area contributed by atoms with Crippen molar-refractivity contribution >= 4 is 11.8 Å². The van der Waals surface area contributed by atoms with Crippen LogP contribution in [0, 0.1) is 6.92 Å². The molecule has 1 aliphatic heterocycles. The predicted molar refractivity (Wildman–Crippen MR) is 78.6 cm³/mol. The van der Waals surface area contributed by atoms with Gasteiger partial charge in [0.1, 0.15) is 17.6 Å². The normalized spacial score (nSPS) is 17.9. The number of amides is 2. The lowest BCUT2D eigenvalue weighted by Gasteiger charge is -2.23. The minimum Gasteiger partial charge on any atom is -0.347 e. The van der Waals surface area contributed by atoms with Crippen LogP contribution in [0.4, 0.5) is 13.2 Å². The van der Waals surface area contributed by atoms with Crippen molar-refractivity contribution in [3.8, 4) is 0 Å². The molecule has 1 aliphatic rings. The van der Waals surface area contributed by atoms with Crippen LogP contribution in [0.1, 0.15) is 43.4 Å². The van der Waals surface area contributed by atoms with Crippen molar-refractivity contribution in [3.05, 3.63) is 23.3 Å². The smallest absolute Gasteiger partial charge is 0.347 e. The van der Waals surface area contributed by atoms with Crippen molar-refractivity contribution in [1.29, 1.82) is 0 Å². The SMILES string of the molecule is CCC(=O)N1CCC[C@H]1C(=O)NCc1nc(C)cc(C(F)(F)F)n1. The number of halogens is 3. The first-order valence-electron chi connectivity index (χ1n) is 7.71. The molecule has 0 unspecified atom stereocenters. The van der Waals surface area contributed by atoms with Gasteiger partial charge in [-0.3, -0.25) is 9.59 Å². The number of hydrogen-bond donors (Lipinski definition) is 1. The molecule has 1 aromatic rings. The third-order valence-corrected chi connectivity index (χ3v) is 3.79. The molecule has 1 atom stereocenters. The van der Waals surface area contributed by atoms with Crippen LogP contribution in [0.5, 0.6) is 0 Å². The molecular formula is C15H19F3N4O2. The van der Waals surface area contributed by atoms with E-state index in [2.05, 4.69) is 15.3 Å². The van der Waals surface area contributed by atoms with E-state index in [-0.39, 0.29) is 24.0 Å². The van der Waals surface area contributed by atoms with Crippen LogP contribution in [-0.2, 0) is 22.3 Å². The van der Waals surface area contributed by atoms with Gasteiger partial charge in [-0.25, -0.2) is 9.97 Å². The van der Waals surface area contributed by atoms with Gasteiger partial charge in [0.05, 0.1) is 6.54 Å². The van der Waals surface area contributed by atoms with Gasteiger partial charge in [-0.1, -0.05) is 6.92 Å². The second-order valence-electron chi connectivity index (χ2n) is 5.63. The van der Waals surface area contributed by atoms with E-state index in [9.17, 15) is 22.8 Å². The highest BCUT2D eigenvalue weighted by Crippen LogP contribution is 2.27. The number of aromatic nitrogens is 2. The molecular weight excluding hydrogens is 325 g/mol. The maximum Gasteiger partial charge on any atom is 0.433 e. The van der Waals surface area contributed by atoms with E-state index in [0.717, 1.165) is 12.5 Å². The lowest BCUT2D eigenvalue weighted by molar-refractivity contribution is -0.141. The minimum absolute atomic E-state index is 0.109. The summed E-state index contributed by atoms with van der Waals surface area (Å²) in [5.41, 5.74) is -0.867. The standard InChI is InChI=1S/C15H19F3N4O2/c1-3-13(23)22-6-4-5-10(22)14(24)19-8-12-20-9(2)7-11(21-12)15(16,17)18/h7,10H,3-6,8H2,1-2H3,(H,19,24)/t10-/m0/s1. The van der Waals surface area contributed by atoms with Crippen molar-refractivity contribution in [2.24, 2.45) is 0 Å². The summed E-state index contributed by atoms with van der Waals surface area (Å²) in [7, 11) is 0. The summed E-state index contributed by atoms with van der Waals surface area (Å²) in [6, 6.07) is 0.272. The lowest BCUT2D eigenvalue weighted by atomic mass is 10.2. The second kappa shape index (κ2) is 7.14. The molecule has 1 saturated heterocycles. The summed E-state index contributed by atoms with van der Waals surface area (Å²) in [5.74, 6) is -0.617. The van der Waals surface area contributed by atoms with Gasteiger partial charge in [-0.15, -0.1) is 0 Å². The number of carbonyl (C=O) groups excluding carboxylic acids is 2. The van der Waals surface area contributed by atoms with E-state index in [1.165, 1.54) is 11.8 Å². The summed E-state index contributed by atoms with van der Waals surface area (Å²) in [5, 5.41) is 2.53. The summed E-state index contributed by atoms with van der Waals surface area (Å²) in [6.45, 7) is 3.45. The van der Waals surface area contributed by atoms with Gasteiger partial charge in [0, 0.05) is 18.7 Å². The predicted octanol–water partition coefficient (Wildman–Crippen LogP) is 1.82. The fourth-order valence-electron chi connectivity index (χ4n) is 2.68. The zero-order chi connectivity index (χ0) is 17.9. The van der Waals surface area contributed by atoms with E-state index in [1.54, 1.807) is 6.92 Å². The molecule has 1 fully saturated rings. The van der Waals surface area contributed by atoms with Crippen LogP contribution in [-0.4, -0.2) is 39.3 Å². The Morgan fingerprint density at radius 2 is 2.08 bits per heavy atom. The molecule has 24 heavy (non-hydrogen) atoms. The van der Waals surface area contributed by atoms with Crippen LogP contribution < -0.4 is 5.32 Å². The highest BCUT2D eigenvalue weighted by molar-refractivity contribution is 5.88. The number of alkyl halides is 3. The molecule has 2 amide bonds. The maximum atomic E-state index is 12.7. The third kappa shape index (κ3) is 4.21. The van der Waals surface area contributed by atoms with E-state index in [0.29, 0.717) is 19.4 Å². The topological polar surface area (TPSA) is 75.2 Å². The zero-order valence-electron chi connectivity index (χ0n) is 13.5. The Morgan fingerprint density at radius 3 is 2.71 bits per heavy atom. The summed E-state index contributed by atoms with van der Waals surface area (Å²) in [6.07, 6.45) is -3.00. The first-order valence-corrected chi connectivity index (χ1v) is 7.71. The van der Waals surface area contributed by atoms with Crippen molar-refractivity contribution < 1.29 is 22.8 Å². The number of rotatable bonds is 4. The van der Waals surface area contributed by atoms with Crippen molar-refractivity contribution in [3.63, 3.8) is 0 Å². The average molecular weight is 344 g/mol. The molecule has 0 saturated carbocycles. The van der Waals surface area contributed by atoms with E-state index in [4.69, 9.17) is 0 Å². The van der Waals surface area contributed by atoms with Gasteiger partial charge in [0.2, 0.25) is 11.8 Å². The zero-order valence-corrected chi connectivity index (χ0v) is 13.5. The highest BCUT2D eigenvalue weighted by atomic mass is 19.4. The molecule has 0 aromatic carbocycles. The third-order valence-electron chi connectivity index (χ3n) is 3.79. The Balaban J connectivity index is 2.04. The number of aryl methyl sites for hydroxylation is 1. The summed E-state index contributed by atoms with van der Waals surface area (Å²) in [4.78, 5) is 32.9. The number of likely N-dealkylation sites (tertiary alicyclic amines) is 1. The number of nitrogens with zero attached hydrogens (tertiary/aromatic N) is 3. The number of carbonyl (C=O) groups is 2. The lowest BCUT2D eigenvalue weighted by Crippen LogP contribution is -2.45. The maximum absolute atomic E-state index is 12.7. The van der Waals surface area contributed by atoms with Crippen LogP contribution in [0.25, 0.3) is 0 Å². The average Bonchev–Trinajstić information content (AvgIpc) is 3.00. The Morgan fingerprint density at radius 1 is 1.38 bits per heavy atom. The fraction of sp³-hybridized carbons (Fsp3) is 0.600. The molecule has 0 bridgehead atoms. The van der Waals surface area contributed by atoms with Crippen LogP contribution in [0.2, 0.25) is 0 Å². The van der Waals surface area contributed by atoms with Crippen LogP contribution in [0.3, 0.4) is 0 Å². The molecule has 1 N–H and O–H groups in total. The van der Waals surface area contributed by atoms with Gasteiger partial charge in [-0.2, -0.15) is 13.2 Å². The van der Waals surface area contributed by atoms with E-state index in [1.807, 2.05) is 0 Å². The van der Waals surface area contributed by atoms with Gasteiger partial charge < -0.3 is 10.2 Å². The molecule has 6 nitrogen and oxygen atoms in total. The number of nitrogens with one attached hydrogen (secondary N) is 1. The molecule has 0 spiro atoms. The van der Waals surface area contributed by atoms with Crippen LogP contribution >= 0.6 is 0 Å². The Labute approximate surface area is 137 Å². The second-order valence-corrected chi connectivity index (χ2v) is 5.63. The Kier molecular flexibility index (Phi) is 5.40. The van der Waals surface area contributed by atoms with Crippen molar-refractivity contribution in [2.75, 3.05) is 6.54 Å². The molecule has 9 heteroatoms. The van der Waals surface area contributed by atoms with Crippen molar-refractivity contribution in [1.82, 2.24) is 20.2 Å². The van der Waals surface area contributed by atoms with Crippen LogP contribution in [0.15, 0.2) is 6.07 Å². The molecule has 132 valence electrons. The van der Waals surface area contributed by atoms with E-state index >= 15 is 0 Å². The first-order chi connectivity index (χ1) is 11.2.